The minimum absolute atomic E-state index is 0.253. The van der Waals surface area contributed by atoms with E-state index in [4.69, 9.17) is 10.5 Å². The Morgan fingerprint density at radius 1 is 1.00 bits per heavy atom. The van der Waals surface area contributed by atoms with Gasteiger partial charge in [-0.2, -0.15) is 0 Å². The first-order chi connectivity index (χ1) is 18.7. The van der Waals surface area contributed by atoms with Crippen LogP contribution in [0.1, 0.15) is 80.3 Å². The van der Waals surface area contributed by atoms with Crippen LogP contribution in [0.15, 0.2) is 36.4 Å². The number of nitrogens with one attached hydrogen (secondary N) is 2. The number of anilines is 1. The van der Waals surface area contributed by atoms with E-state index in [2.05, 4.69) is 10.6 Å². The van der Waals surface area contributed by atoms with Crippen molar-refractivity contribution in [3.05, 3.63) is 64.2 Å². The van der Waals surface area contributed by atoms with E-state index in [0.29, 0.717) is 24.1 Å². The summed E-state index contributed by atoms with van der Waals surface area (Å²) < 4.78 is 5.36. The fourth-order valence-electron chi connectivity index (χ4n) is 4.89. The van der Waals surface area contributed by atoms with Crippen molar-refractivity contribution in [3.63, 3.8) is 0 Å². The minimum Gasteiger partial charge on any atom is -0.444 e. The molecule has 1 aliphatic rings. The molecule has 2 unspecified atom stereocenters. The summed E-state index contributed by atoms with van der Waals surface area (Å²) in [5.74, 6) is -1.69. The van der Waals surface area contributed by atoms with Crippen LogP contribution in [-0.4, -0.2) is 46.4 Å². The third kappa shape index (κ3) is 7.61. The molecule has 40 heavy (non-hydrogen) atoms. The molecule has 4 amide bonds. The summed E-state index contributed by atoms with van der Waals surface area (Å²) in [6.45, 7) is 12.8. The summed E-state index contributed by atoms with van der Waals surface area (Å²) in [5.41, 5.74) is 9.62. The van der Waals surface area contributed by atoms with Crippen LogP contribution in [0.3, 0.4) is 0 Å². The molecule has 0 heterocycles. The summed E-state index contributed by atoms with van der Waals surface area (Å²) in [5, 5.41) is 5.62. The van der Waals surface area contributed by atoms with E-state index in [1.54, 1.807) is 25.7 Å². The largest absolute Gasteiger partial charge is 0.444 e. The number of hydrogen-bond donors (Lipinski definition) is 3. The third-order valence-electron chi connectivity index (χ3n) is 7.10. The predicted molar refractivity (Wildman–Crippen MR) is 155 cm³/mol. The number of para-hydroxylation sites is 1. The van der Waals surface area contributed by atoms with Gasteiger partial charge in [-0.15, -0.1) is 0 Å². The average Bonchev–Trinajstić information content (AvgIpc) is 2.79. The lowest BCUT2D eigenvalue weighted by molar-refractivity contribution is -0.146. The van der Waals surface area contributed by atoms with Gasteiger partial charge in [0.1, 0.15) is 17.7 Å². The quantitative estimate of drug-likeness (QED) is 0.415. The highest BCUT2D eigenvalue weighted by Gasteiger charge is 2.43. The molecule has 2 aromatic rings. The SMILES string of the molecule is Cc1ccc(C)c(C(C(=O)Nc2c(C)cccc2C)N(C(=O)C(CC(N)=O)NC(=O)OC(C)(C)C)C2CCC2)c1. The number of ether oxygens (including phenoxy) is 1. The van der Waals surface area contributed by atoms with E-state index >= 15 is 0 Å². The second-order valence-electron chi connectivity index (χ2n) is 11.7. The second-order valence-corrected chi connectivity index (χ2v) is 11.7. The fraction of sp³-hybridized carbons (Fsp3) is 0.484. The number of amides is 4. The van der Waals surface area contributed by atoms with Crippen LogP contribution in [0.25, 0.3) is 0 Å². The monoisotopic (exact) mass is 550 g/mol. The Balaban J connectivity index is 2.10. The van der Waals surface area contributed by atoms with Gasteiger partial charge in [-0.1, -0.05) is 42.0 Å². The molecular formula is C31H42N4O5. The number of nitrogens with two attached hydrogens (primary N) is 1. The first-order valence-corrected chi connectivity index (χ1v) is 13.7. The molecule has 9 heteroatoms. The van der Waals surface area contributed by atoms with Gasteiger partial charge in [0.05, 0.1) is 6.42 Å². The molecule has 0 spiro atoms. The van der Waals surface area contributed by atoms with Crippen molar-refractivity contribution < 1.29 is 23.9 Å². The van der Waals surface area contributed by atoms with Gasteiger partial charge in [-0.05, 0) is 90.0 Å². The Morgan fingerprint density at radius 3 is 2.15 bits per heavy atom. The molecule has 0 aliphatic heterocycles. The van der Waals surface area contributed by atoms with E-state index in [1.807, 2.05) is 64.1 Å². The van der Waals surface area contributed by atoms with Crippen molar-refractivity contribution in [3.8, 4) is 0 Å². The van der Waals surface area contributed by atoms with Gasteiger partial charge in [0.25, 0.3) is 5.91 Å². The number of primary amides is 1. The van der Waals surface area contributed by atoms with Gasteiger partial charge in [0.15, 0.2) is 0 Å². The summed E-state index contributed by atoms with van der Waals surface area (Å²) in [6.07, 6.45) is 1.01. The Kier molecular flexibility index (Phi) is 9.60. The molecule has 0 radical (unpaired) electrons. The number of rotatable bonds is 9. The average molecular weight is 551 g/mol. The third-order valence-corrected chi connectivity index (χ3v) is 7.10. The highest BCUT2D eigenvalue weighted by atomic mass is 16.6. The van der Waals surface area contributed by atoms with Gasteiger partial charge in [-0.3, -0.25) is 14.4 Å². The van der Waals surface area contributed by atoms with Crippen LogP contribution < -0.4 is 16.4 Å². The van der Waals surface area contributed by atoms with Gasteiger partial charge in [0, 0.05) is 11.7 Å². The number of hydrogen-bond acceptors (Lipinski definition) is 5. The number of carbonyl (C=O) groups is 4. The van der Waals surface area contributed by atoms with E-state index in [-0.39, 0.29) is 11.9 Å². The maximum Gasteiger partial charge on any atom is 0.408 e. The topological polar surface area (TPSA) is 131 Å². The maximum absolute atomic E-state index is 14.3. The molecule has 1 aliphatic carbocycles. The molecular weight excluding hydrogens is 508 g/mol. The number of aryl methyl sites for hydroxylation is 4. The lowest BCUT2D eigenvalue weighted by atomic mass is 9.86. The van der Waals surface area contributed by atoms with Crippen LogP contribution in [0.2, 0.25) is 0 Å². The standard InChI is InChI=1S/C31H42N4O5/c1-18-14-15-19(2)23(16-18)27(28(37)34-26-20(3)10-8-11-21(26)4)35(22-12-9-13-22)29(38)24(17-25(32)36)33-30(39)40-31(5,6)7/h8,10-11,14-16,22,24,27H,9,12-13,17H2,1-7H3,(H2,32,36)(H,33,39)(H,34,37). The number of benzene rings is 2. The highest BCUT2D eigenvalue weighted by molar-refractivity contribution is 6.01. The molecule has 3 rings (SSSR count). The van der Waals surface area contributed by atoms with E-state index in [1.165, 1.54) is 0 Å². The minimum atomic E-state index is -1.30. The number of nitrogens with zero attached hydrogens (tertiary/aromatic N) is 1. The first-order valence-electron chi connectivity index (χ1n) is 13.7. The summed E-state index contributed by atoms with van der Waals surface area (Å²) in [6, 6.07) is 8.98. The van der Waals surface area contributed by atoms with E-state index in [0.717, 1.165) is 28.7 Å². The molecule has 2 aromatic carbocycles. The number of carbonyl (C=O) groups excluding carboxylic acids is 4. The summed E-state index contributed by atoms with van der Waals surface area (Å²) in [4.78, 5) is 54.8. The molecule has 4 N–H and O–H groups in total. The van der Waals surface area contributed by atoms with Crippen molar-refractivity contribution in [1.82, 2.24) is 10.2 Å². The zero-order valence-electron chi connectivity index (χ0n) is 24.6. The molecule has 0 bridgehead atoms. The molecule has 1 saturated carbocycles. The van der Waals surface area contributed by atoms with Crippen LogP contribution in [0.5, 0.6) is 0 Å². The summed E-state index contributed by atoms with van der Waals surface area (Å²) >= 11 is 0. The zero-order chi connectivity index (χ0) is 29.8. The fourth-order valence-corrected chi connectivity index (χ4v) is 4.89. The summed E-state index contributed by atoms with van der Waals surface area (Å²) in [7, 11) is 0. The van der Waals surface area contributed by atoms with Gasteiger partial charge in [0.2, 0.25) is 11.8 Å². The molecule has 9 nitrogen and oxygen atoms in total. The van der Waals surface area contributed by atoms with Crippen molar-refractivity contribution in [2.45, 2.75) is 97.9 Å². The van der Waals surface area contributed by atoms with Crippen molar-refractivity contribution in [2.24, 2.45) is 5.73 Å². The van der Waals surface area contributed by atoms with Crippen molar-refractivity contribution in [2.75, 3.05) is 5.32 Å². The highest BCUT2D eigenvalue weighted by Crippen LogP contribution is 2.36. The molecule has 1 fully saturated rings. The zero-order valence-corrected chi connectivity index (χ0v) is 24.6. The van der Waals surface area contributed by atoms with Crippen LogP contribution in [0, 0.1) is 27.7 Å². The van der Waals surface area contributed by atoms with Crippen LogP contribution in [-0.2, 0) is 19.1 Å². The van der Waals surface area contributed by atoms with E-state index < -0.39 is 42.0 Å². The second kappa shape index (κ2) is 12.5. The van der Waals surface area contributed by atoms with E-state index in [9.17, 15) is 19.2 Å². The first kappa shape index (κ1) is 30.7. The Bertz CT molecular complexity index is 1260. The Morgan fingerprint density at radius 2 is 1.62 bits per heavy atom. The molecule has 0 aromatic heterocycles. The van der Waals surface area contributed by atoms with Crippen molar-refractivity contribution in [1.29, 1.82) is 0 Å². The lowest BCUT2D eigenvalue weighted by Gasteiger charge is -2.44. The lowest BCUT2D eigenvalue weighted by Crippen LogP contribution is -2.57. The molecule has 2 atom stereocenters. The van der Waals surface area contributed by atoms with Crippen molar-refractivity contribution >= 4 is 29.5 Å². The smallest absolute Gasteiger partial charge is 0.408 e. The van der Waals surface area contributed by atoms with Crippen LogP contribution in [0.4, 0.5) is 10.5 Å². The number of alkyl carbamates (subject to hydrolysis) is 1. The Labute approximate surface area is 236 Å². The predicted octanol–water partition coefficient (Wildman–Crippen LogP) is 4.75. The van der Waals surface area contributed by atoms with Gasteiger partial charge >= 0.3 is 6.09 Å². The van der Waals surface area contributed by atoms with Gasteiger partial charge in [-0.25, -0.2) is 4.79 Å². The maximum atomic E-state index is 14.3. The van der Waals surface area contributed by atoms with Crippen LogP contribution >= 0.6 is 0 Å². The molecule has 216 valence electrons. The molecule has 0 saturated heterocycles. The Hall–Kier alpha value is -3.88. The normalized spacial score (nSPS) is 14.9. The van der Waals surface area contributed by atoms with Gasteiger partial charge < -0.3 is 26.0 Å².